The number of aryl methyl sites for hydroxylation is 1. The van der Waals surface area contributed by atoms with E-state index in [1.165, 1.54) is 11.9 Å². The van der Waals surface area contributed by atoms with Crippen LogP contribution in [0.3, 0.4) is 0 Å². The van der Waals surface area contributed by atoms with Crippen LogP contribution in [-0.2, 0) is 12.5 Å². The van der Waals surface area contributed by atoms with Crippen molar-refractivity contribution in [3.8, 4) is 0 Å². The molecule has 0 fully saturated rings. The van der Waals surface area contributed by atoms with Crippen LogP contribution in [0, 0.1) is 0 Å². The van der Waals surface area contributed by atoms with Gasteiger partial charge in [-0.15, -0.1) is 0 Å². The van der Waals surface area contributed by atoms with Crippen LogP contribution in [-0.4, -0.2) is 22.7 Å². The third-order valence-electron chi connectivity index (χ3n) is 3.80. The van der Waals surface area contributed by atoms with Crippen molar-refractivity contribution < 1.29 is 13.6 Å². The minimum absolute atomic E-state index is 0.101. The molecule has 0 saturated heterocycles. The summed E-state index contributed by atoms with van der Waals surface area (Å²) in [5.41, 5.74) is 0.498. The SMILES string of the molecule is CN(C(=O)c1c(C(F)F)nn(C)c1Cl)c1ccccc1C(C)(C)C. The maximum atomic E-state index is 13.2. The van der Waals surface area contributed by atoms with Crippen LogP contribution in [0.15, 0.2) is 24.3 Å². The van der Waals surface area contributed by atoms with Gasteiger partial charge in [0.25, 0.3) is 12.3 Å². The Bertz CT molecular complexity index is 766. The molecule has 0 N–H and O–H groups in total. The molecule has 1 aromatic heterocycles. The summed E-state index contributed by atoms with van der Waals surface area (Å²) in [7, 11) is 2.97. The van der Waals surface area contributed by atoms with Gasteiger partial charge in [-0.3, -0.25) is 9.48 Å². The Kier molecular flexibility index (Phi) is 4.99. The number of alkyl halides is 2. The number of carbonyl (C=O) groups is 1. The lowest BCUT2D eigenvalue weighted by molar-refractivity contribution is 0.0977. The molecular formula is C17H20ClF2N3O. The minimum atomic E-state index is -2.88. The molecule has 0 aliphatic rings. The number of halogens is 3. The van der Waals surface area contributed by atoms with Crippen LogP contribution in [0.2, 0.25) is 5.15 Å². The zero-order valence-corrected chi connectivity index (χ0v) is 15.0. The molecule has 0 bridgehead atoms. The van der Waals surface area contributed by atoms with Crippen LogP contribution < -0.4 is 4.90 Å². The molecule has 1 heterocycles. The number of aromatic nitrogens is 2. The molecule has 2 rings (SSSR count). The largest absolute Gasteiger partial charge is 0.311 e. The minimum Gasteiger partial charge on any atom is -0.311 e. The first-order valence-corrected chi connectivity index (χ1v) is 7.81. The van der Waals surface area contributed by atoms with Crippen molar-refractivity contribution in [2.24, 2.45) is 7.05 Å². The molecule has 24 heavy (non-hydrogen) atoms. The van der Waals surface area contributed by atoms with Crippen LogP contribution in [0.25, 0.3) is 0 Å². The molecule has 0 saturated carbocycles. The zero-order chi connectivity index (χ0) is 18.2. The first-order chi connectivity index (χ1) is 11.1. The highest BCUT2D eigenvalue weighted by atomic mass is 35.5. The molecular weight excluding hydrogens is 336 g/mol. The van der Waals surface area contributed by atoms with Crippen molar-refractivity contribution in [1.82, 2.24) is 9.78 Å². The van der Waals surface area contributed by atoms with Crippen LogP contribution in [0.4, 0.5) is 14.5 Å². The predicted octanol–water partition coefficient (Wildman–Crippen LogP) is 4.59. The first-order valence-electron chi connectivity index (χ1n) is 7.43. The Balaban J connectivity index is 2.53. The third kappa shape index (κ3) is 3.29. The highest BCUT2D eigenvalue weighted by molar-refractivity contribution is 6.33. The van der Waals surface area contributed by atoms with E-state index in [-0.39, 0.29) is 16.1 Å². The summed E-state index contributed by atoms with van der Waals surface area (Å²) in [6, 6.07) is 7.38. The first kappa shape index (κ1) is 18.4. The molecule has 0 aliphatic heterocycles. The fraction of sp³-hybridized carbons (Fsp3) is 0.412. The molecule has 0 aliphatic carbocycles. The highest BCUT2D eigenvalue weighted by Gasteiger charge is 2.31. The van der Waals surface area contributed by atoms with E-state index >= 15 is 0 Å². The molecule has 4 nitrogen and oxygen atoms in total. The summed E-state index contributed by atoms with van der Waals surface area (Å²) in [6.07, 6.45) is -2.88. The number of amides is 1. The second-order valence-corrected chi connectivity index (χ2v) is 6.96. The fourth-order valence-corrected chi connectivity index (χ4v) is 2.77. The molecule has 1 aromatic carbocycles. The van der Waals surface area contributed by atoms with E-state index in [0.717, 1.165) is 10.2 Å². The van der Waals surface area contributed by atoms with Crippen molar-refractivity contribution in [1.29, 1.82) is 0 Å². The van der Waals surface area contributed by atoms with Crippen LogP contribution in [0.5, 0.6) is 0 Å². The Morgan fingerprint density at radius 1 is 1.29 bits per heavy atom. The second kappa shape index (κ2) is 6.51. The van der Waals surface area contributed by atoms with Gasteiger partial charge in [0.15, 0.2) is 0 Å². The Labute approximate surface area is 145 Å². The molecule has 1 amide bonds. The van der Waals surface area contributed by atoms with Gasteiger partial charge in [-0.2, -0.15) is 5.10 Å². The highest BCUT2D eigenvalue weighted by Crippen LogP contribution is 2.34. The predicted molar refractivity (Wildman–Crippen MR) is 91.1 cm³/mol. The van der Waals surface area contributed by atoms with E-state index in [0.29, 0.717) is 5.69 Å². The van der Waals surface area contributed by atoms with E-state index < -0.39 is 18.0 Å². The zero-order valence-electron chi connectivity index (χ0n) is 14.3. The summed E-state index contributed by atoms with van der Waals surface area (Å²) in [6.45, 7) is 6.06. The van der Waals surface area contributed by atoms with Gasteiger partial charge < -0.3 is 4.90 Å². The van der Waals surface area contributed by atoms with E-state index in [9.17, 15) is 13.6 Å². The van der Waals surface area contributed by atoms with Crippen molar-refractivity contribution in [3.63, 3.8) is 0 Å². The Morgan fingerprint density at radius 3 is 2.42 bits per heavy atom. The van der Waals surface area contributed by atoms with Gasteiger partial charge in [0.05, 0.1) is 0 Å². The number of carbonyl (C=O) groups excluding carboxylic acids is 1. The molecule has 7 heteroatoms. The molecule has 0 atom stereocenters. The van der Waals surface area contributed by atoms with Gasteiger partial charge in [0.2, 0.25) is 0 Å². The normalized spacial score (nSPS) is 11.9. The standard InChI is InChI=1S/C17H20ClF2N3O/c1-17(2,3)10-8-6-7-9-11(10)22(4)16(24)12-13(15(19)20)21-23(5)14(12)18/h6-9,15H,1-5H3. The third-order valence-corrected chi connectivity index (χ3v) is 4.24. The maximum absolute atomic E-state index is 13.2. The summed E-state index contributed by atoms with van der Waals surface area (Å²) >= 11 is 6.03. The quantitative estimate of drug-likeness (QED) is 0.808. The number of benzene rings is 1. The van der Waals surface area contributed by atoms with Crippen LogP contribution >= 0.6 is 11.6 Å². The maximum Gasteiger partial charge on any atom is 0.283 e. The van der Waals surface area contributed by atoms with Crippen molar-refractivity contribution >= 4 is 23.2 Å². The van der Waals surface area contributed by atoms with E-state index in [1.807, 2.05) is 32.9 Å². The smallest absolute Gasteiger partial charge is 0.283 e. The lowest BCUT2D eigenvalue weighted by Gasteiger charge is -2.27. The lowest BCUT2D eigenvalue weighted by atomic mass is 9.85. The summed E-state index contributed by atoms with van der Waals surface area (Å²) in [4.78, 5) is 14.2. The molecule has 130 valence electrons. The van der Waals surface area contributed by atoms with Crippen molar-refractivity contribution in [3.05, 3.63) is 46.2 Å². The van der Waals surface area contributed by atoms with Gasteiger partial charge in [0, 0.05) is 19.8 Å². The molecule has 0 unspecified atom stereocenters. The number of hydrogen-bond donors (Lipinski definition) is 0. The average molecular weight is 356 g/mol. The average Bonchev–Trinajstić information content (AvgIpc) is 2.81. The lowest BCUT2D eigenvalue weighted by Crippen LogP contribution is -2.30. The number of nitrogens with zero attached hydrogens (tertiary/aromatic N) is 3. The van der Waals surface area contributed by atoms with Gasteiger partial charge in [-0.05, 0) is 17.0 Å². The summed E-state index contributed by atoms with van der Waals surface area (Å²) in [5, 5.41) is 3.56. The summed E-state index contributed by atoms with van der Waals surface area (Å²) in [5.74, 6) is -0.611. The number of anilines is 1. The van der Waals surface area contributed by atoms with Crippen molar-refractivity contribution in [2.45, 2.75) is 32.6 Å². The summed E-state index contributed by atoms with van der Waals surface area (Å²) < 4.78 is 27.5. The van der Waals surface area contributed by atoms with Gasteiger partial charge in [-0.1, -0.05) is 50.6 Å². The van der Waals surface area contributed by atoms with Crippen LogP contribution in [0.1, 0.15) is 48.8 Å². The topological polar surface area (TPSA) is 38.1 Å². The van der Waals surface area contributed by atoms with Gasteiger partial charge in [-0.25, -0.2) is 8.78 Å². The Hall–Kier alpha value is -1.95. The van der Waals surface area contributed by atoms with E-state index in [2.05, 4.69) is 5.10 Å². The van der Waals surface area contributed by atoms with Gasteiger partial charge >= 0.3 is 0 Å². The van der Waals surface area contributed by atoms with Crippen molar-refractivity contribution in [2.75, 3.05) is 11.9 Å². The molecule has 0 radical (unpaired) electrons. The van der Waals surface area contributed by atoms with E-state index in [1.54, 1.807) is 19.2 Å². The molecule has 2 aromatic rings. The Morgan fingerprint density at radius 2 is 1.88 bits per heavy atom. The number of hydrogen-bond acceptors (Lipinski definition) is 2. The van der Waals surface area contributed by atoms with Gasteiger partial charge in [0.1, 0.15) is 16.4 Å². The number of para-hydroxylation sites is 1. The van der Waals surface area contributed by atoms with E-state index in [4.69, 9.17) is 11.6 Å². The second-order valence-electron chi connectivity index (χ2n) is 6.61. The number of rotatable bonds is 3. The monoisotopic (exact) mass is 355 g/mol. The molecule has 0 spiro atoms. The fourth-order valence-electron chi connectivity index (χ4n) is 2.55.